The quantitative estimate of drug-likeness (QED) is 0.602. The molecule has 0 radical (unpaired) electrons. The largest absolute Gasteiger partial charge is 0.419 e. The summed E-state index contributed by atoms with van der Waals surface area (Å²) in [5, 5.41) is -0.110. The zero-order valence-corrected chi connectivity index (χ0v) is 9.46. The van der Waals surface area contributed by atoms with E-state index in [2.05, 4.69) is 4.98 Å². The number of thioether (sulfide) groups is 1. The SMILES string of the molecule is CC(CCl)Sc1ncccc1C(F)(F)F. The zero-order chi connectivity index (χ0) is 11.5. The lowest BCUT2D eigenvalue weighted by Gasteiger charge is -2.13. The molecule has 1 nitrogen and oxygen atoms in total. The molecule has 0 N–H and O–H groups in total. The van der Waals surface area contributed by atoms with E-state index >= 15 is 0 Å². The first-order valence-electron chi connectivity index (χ1n) is 4.20. The topological polar surface area (TPSA) is 12.9 Å². The van der Waals surface area contributed by atoms with Gasteiger partial charge in [-0.25, -0.2) is 4.98 Å². The van der Waals surface area contributed by atoms with Crippen LogP contribution in [0.4, 0.5) is 13.2 Å². The Balaban J connectivity index is 2.97. The minimum Gasteiger partial charge on any atom is -0.249 e. The molecular formula is C9H9ClF3NS. The van der Waals surface area contributed by atoms with E-state index in [9.17, 15) is 13.2 Å². The zero-order valence-electron chi connectivity index (χ0n) is 7.88. The summed E-state index contributed by atoms with van der Waals surface area (Å²) in [6.07, 6.45) is -3.01. The molecule has 1 aromatic rings. The molecule has 0 spiro atoms. The molecule has 0 amide bonds. The van der Waals surface area contributed by atoms with E-state index in [4.69, 9.17) is 11.6 Å². The summed E-state index contributed by atoms with van der Waals surface area (Å²) in [7, 11) is 0. The molecule has 1 atom stereocenters. The molecule has 15 heavy (non-hydrogen) atoms. The van der Waals surface area contributed by atoms with Gasteiger partial charge in [-0.1, -0.05) is 6.92 Å². The van der Waals surface area contributed by atoms with Crippen LogP contribution in [0, 0.1) is 0 Å². The van der Waals surface area contributed by atoms with Crippen LogP contribution in [0.1, 0.15) is 12.5 Å². The van der Waals surface area contributed by atoms with Gasteiger partial charge in [0.2, 0.25) is 0 Å². The number of rotatable bonds is 3. The number of pyridine rings is 1. The summed E-state index contributed by atoms with van der Waals surface area (Å²) in [4.78, 5) is 3.72. The first kappa shape index (κ1) is 12.6. The van der Waals surface area contributed by atoms with Gasteiger partial charge >= 0.3 is 6.18 Å². The van der Waals surface area contributed by atoms with E-state index in [0.717, 1.165) is 17.8 Å². The Morgan fingerprint density at radius 3 is 2.73 bits per heavy atom. The van der Waals surface area contributed by atoms with Crippen LogP contribution in [0.5, 0.6) is 0 Å². The molecule has 6 heteroatoms. The van der Waals surface area contributed by atoms with E-state index in [0.29, 0.717) is 5.88 Å². The Kier molecular flexibility index (Phi) is 4.28. The number of alkyl halides is 4. The average Bonchev–Trinajstić information content (AvgIpc) is 2.17. The Morgan fingerprint density at radius 1 is 1.53 bits per heavy atom. The van der Waals surface area contributed by atoms with E-state index in [1.54, 1.807) is 6.92 Å². The fourth-order valence-corrected chi connectivity index (χ4v) is 1.99. The van der Waals surface area contributed by atoms with Crippen molar-refractivity contribution in [1.29, 1.82) is 0 Å². The second-order valence-electron chi connectivity index (χ2n) is 2.94. The standard InChI is InChI=1S/C9H9ClF3NS/c1-6(5-10)15-8-7(9(11,12)13)3-2-4-14-8/h2-4,6H,5H2,1H3. The lowest BCUT2D eigenvalue weighted by atomic mass is 10.3. The number of hydrogen-bond donors (Lipinski definition) is 0. The van der Waals surface area contributed by atoms with Gasteiger partial charge in [-0.2, -0.15) is 13.2 Å². The highest BCUT2D eigenvalue weighted by Crippen LogP contribution is 2.36. The van der Waals surface area contributed by atoms with Crippen molar-refractivity contribution in [2.75, 3.05) is 5.88 Å². The van der Waals surface area contributed by atoms with Crippen LogP contribution in [-0.4, -0.2) is 16.1 Å². The lowest BCUT2D eigenvalue weighted by molar-refractivity contribution is -0.140. The van der Waals surface area contributed by atoms with Crippen LogP contribution in [0.25, 0.3) is 0 Å². The third-order valence-corrected chi connectivity index (χ3v) is 3.37. The number of hydrogen-bond acceptors (Lipinski definition) is 2. The summed E-state index contributed by atoms with van der Waals surface area (Å²) < 4.78 is 37.5. The minimum absolute atomic E-state index is 0.0156. The summed E-state index contributed by atoms with van der Waals surface area (Å²) >= 11 is 6.57. The molecule has 1 rings (SSSR count). The second kappa shape index (κ2) is 5.07. The van der Waals surface area contributed by atoms with Gasteiger partial charge in [-0.15, -0.1) is 23.4 Å². The maximum atomic E-state index is 12.5. The summed E-state index contributed by atoms with van der Waals surface area (Å²) in [5.41, 5.74) is -0.702. The number of aromatic nitrogens is 1. The highest BCUT2D eigenvalue weighted by molar-refractivity contribution is 8.00. The molecule has 84 valence electrons. The molecule has 0 aliphatic rings. The smallest absolute Gasteiger partial charge is 0.249 e. The second-order valence-corrected chi connectivity index (χ2v) is 4.67. The molecule has 0 bridgehead atoms. The third kappa shape index (κ3) is 3.57. The lowest BCUT2D eigenvalue weighted by Crippen LogP contribution is -2.09. The Labute approximate surface area is 95.0 Å². The van der Waals surface area contributed by atoms with Crippen molar-refractivity contribution in [2.45, 2.75) is 23.4 Å². The molecule has 0 aliphatic carbocycles. The number of nitrogens with zero attached hydrogens (tertiary/aromatic N) is 1. The van der Waals surface area contributed by atoms with Crippen molar-refractivity contribution in [1.82, 2.24) is 4.98 Å². The van der Waals surface area contributed by atoms with Crippen molar-refractivity contribution in [2.24, 2.45) is 0 Å². The fourth-order valence-electron chi connectivity index (χ4n) is 0.923. The molecule has 0 saturated heterocycles. The molecule has 1 aromatic heterocycles. The van der Waals surface area contributed by atoms with Crippen LogP contribution in [0.15, 0.2) is 23.4 Å². The minimum atomic E-state index is -4.36. The molecule has 0 aliphatic heterocycles. The van der Waals surface area contributed by atoms with Gasteiger partial charge in [-0.3, -0.25) is 0 Å². The van der Waals surface area contributed by atoms with Crippen LogP contribution < -0.4 is 0 Å². The third-order valence-electron chi connectivity index (χ3n) is 1.61. The van der Waals surface area contributed by atoms with E-state index in [1.165, 1.54) is 12.3 Å². The summed E-state index contributed by atoms with van der Waals surface area (Å²) in [6, 6.07) is 2.30. The first-order valence-corrected chi connectivity index (χ1v) is 5.61. The van der Waals surface area contributed by atoms with Gasteiger partial charge in [0.15, 0.2) is 0 Å². The summed E-state index contributed by atoms with van der Waals surface area (Å²) in [5.74, 6) is 0.290. The van der Waals surface area contributed by atoms with Crippen molar-refractivity contribution in [3.05, 3.63) is 23.9 Å². The number of halogens is 4. The molecular weight excluding hydrogens is 247 g/mol. The van der Waals surface area contributed by atoms with Gasteiger partial charge in [0.1, 0.15) is 5.03 Å². The Hall–Kier alpha value is -0.420. The van der Waals surface area contributed by atoms with Gasteiger partial charge in [-0.05, 0) is 12.1 Å². The van der Waals surface area contributed by atoms with Gasteiger partial charge in [0.05, 0.1) is 5.56 Å². The maximum Gasteiger partial charge on any atom is 0.419 e. The highest BCUT2D eigenvalue weighted by atomic mass is 35.5. The van der Waals surface area contributed by atoms with E-state index < -0.39 is 11.7 Å². The summed E-state index contributed by atoms with van der Waals surface area (Å²) in [6.45, 7) is 1.76. The van der Waals surface area contributed by atoms with Crippen molar-refractivity contribution >= 4 is 23.4 Å². The molecule has 0 saturated carbocycles. The van der Waals surface area contributed by atoms with Crippen molar-refractivity contribution < 1.29 is 13.2 Å². The maximum absolute atomic E-state index is 12.5. The Morgan fingerprint density at radius 2 is 2.20 bits per heavy atom. The van der Waals surface area contributed by atoms with Crippen LogP contribution in [0.3, 0.4) is 0 Å². The van der Waals surface area contributed by atoms with Crippen molar-refractivity contribution in [3.63, 3.8) is 0 Å². The van der Waals surface area contributed by atoms with Crippen LogP contribution in [0.2, 0.25) is 0 Å². The molecule has 1 heterocycles. The van der Waals surface area contributed by atoms with Crippen molar-refractivity contribution in [3.8, 4) is 0 Å². The first-order chi connectivity index (χ1) is 6.95. The predicted octanol–water partition coefficient (Wildman–Crippen LogP) is 3.82. The van der Waals surface area contributed by atoms with E-state index in [-0.39, 0.29) is 10.3 Å². The van der Waals surface area contributed by atoms with E-state index in [1.807, 2.05) is 0 Å². The average molecular weight is 256 g/mol. The normalized spacial score (nSPS) is 13.9. The molecule has 0 fully saturated rings. The van der Waals surface area contributed by atoms with Gasteiger partial charge in [0, 0.05) is 17.3 Å². The fraction of sp³-hybridized carbons (Fsp3) is 0.444. The van der Waals surface area contributed by atoms with Gasteiger partial charge in [0.25, 0.3) is 0 Å². The van der Waals surface area contributed by atoms with Crippen LogP contribution >= 0.6 is 23.4 Å². The van der Waals surface area contributed by atoms with Gasteiger partial charge < -0.3 is 0 Å². The Bertz CT molecular complexity index is 329. The molecule has 0 aromatic carbocycles. The highest BCUT2D eigenvalue weighted by Gasteiger charge is 2.34. The molecule has 1 unspecified atom stereocenters. The predicted molar refractivity (Wildman–Crippen MR) is 55.3 cm³/mol. The monoisotopic (exact) mass is 255 g/mol. The van der Waals surface area contributed by atoms with Crippen LogP contribution in [-0.2, 0) is 6.18 Å².